The van der Waals surface area contributed by atoms with Gasteiger partial charge in [-0.05, 0) is 47.7 Å². The molecule has 1 N–H and O–H groups in total. The molecule has 0 radical (unpaired) electrons. The Labute approximate surface area is 142 Å². The van der Waals surface area contributed by atoms with Gasteiger partial charge in [-0.2, -0.15) is 5.10 Å². The van der Waals surface area contributed by atoms with Crippen LogP contribution in [0, 0.1) is 15.9 Å². The van der Waals surface area contributed by atoms with E-state index in [4.69, 9.17) is 27.5 Å². The minimum Gasteiger partial charge on any atom is -0.490 e. The van der Waals surface area contributed by atoms with Crippen LogP contribution >= 0.6 is 34.2 Å². The number of nitrogens with zero attached hydrogens (tertiary/aromatic N) is 1. The maximum Gasteiger partial charge on any atom is 0.370 e. The summed E-state index contributed by atoms with van der Waals surface area (Å²) in [4.78, 5) is 11.3. The molecule has 0 bridgehead atoms. The lowest BCUT2D eigenvalue weighted by molar-refractivity contribution is -0.134. The van der Waals surface area contributed by atoms with Crippen LogP contribution in [-0.2, 0) is 9.53 Å². The number of nitrogens with one attached hydrogen (secondary N) is 1. The summed E-state index contributed by atoms with van der Waals surface area (Å²) < 4.78 is 11.2. The average Bonchev–Trinajstić information content (AvgIpc) is 2.47. The number of benzene rings is 1. The summed E-state index contributed by atoms with van der Waals surface area (Å²) in [5, 5.41) is 3.49. The molecule has 1 aromatic carbocycles. The summed E-state index contributed by atoms with van der Waals surface area (Å²) in [7, 11) is 0. The highest BCUT2D eigenvalue weighted by Crippen LogP contribution is 2.26. The molecule has 7 heteroatoms. The van der Waals surface area contributed by atoms with E-state index in [0.29, 0.717) is 24.5 Å². The maximum atomic E-state index is 11.3. The molecule has 1 aromatic rings. The van der Waals surface area contributed by atoms with Crippen molar-refractivity contribution in [2.24, 2.45) is 5.10 Å². The van der Waals surface area contributed by atoms with Crippen molar-refractivity contribution in [3.8, 4) is 18.1 Å². The van der Waals surface area contributed by atoms with Crippen LogP contribution in [0.25, 0.3) is 0 Å². The van der Waals surface area contributed by atoms with E-state index >= 15 is 0 Å². The van der Waals surface area contributed by atoms with Crippen molar-refractivity contribution >= 4 is 51.0 Å². The molecule has 0 heterocycles. The molecule has 0 aliphatic rings. The number of ether oxygens (including phenoxy) is 2. The fourth-order valence-electron chi connectivity index (χ4n) is 1.28. The first-order valence-corrected chi connectivity index (χ1v) is 7.56. The molecule has 5 nitrogen and oxygen atoms in total. The van der Waals surface area contributed by atoms with Crippen molar-refractivity contribution in [3.05, 3.63) is 21.8 Å². The van der Waals surface area contributed by atoms with E-state index in [1.54, 1.807) is 13.0 Å². The number of esters is 1. The molecule has 0 saturated heterocycles. The van der Waals surface area contributed by atoms with E-state index < -0.39 is 5.97 Å². The smallest absolute Gasteiger partial charge is 0.370 e. The average molecular weight is 421 g/mol. The fraction of sp³-hybridized carbons (Fsp3) is 0.286. The molecule has 112 valence electrons. The van der Waals surface area contributed by atoms with Crippen LogP contribution in [0.15, 0.2) is 23.3 Å². The summed E-state index contributed by atoms with van der Waals surface area (Å²) in [6.07, 6.45) is 5.68. The number of terminal acetylenes is 1. The number of rotatable bonds is 7. The van der Waals surface area contributed by atoms with Crippen LogP contribution in [-0.4, -0.2) is 24.4 Å². The first-order valence-electron chi connectivity index (χ1n) is 6.10. The van der Waals surface area contributed by atoms with Crippen molar-refractivity contribution in [3.63, 3.8) is 0 Å². The molecule has 21 heavy (non-hydrogen) atoms. The van der Waals surface area contributed by atoms with Crippen molar-refractivity contribution < 1.29 is 14.3 Å². The van der Waals surface area contributed by atoms with Crippen LogP contribution in [0.1, 0.15) is 13.3 Å². The Kier molecular flexibility index (Phi) is 7.93. The Morgan fingerprint density at radius 2 is 2.33 bits per heavy atom. The normalized spacial score (nSPS) is 10.7. The third kappa shape index (κ3) is 6.23. The minimum atomic E-state index is -0.688. The van der Waals surface area contributed by atoms with Gasteiger partial charge in [-0.25, -0.2) is 4.79 Å². The van der Waals surface area contributed by atoms with Gasteiger partial charge >= 0.3 is 5.97 Å². The Morgan fingerprint density at radius 3 is 3.00 bits per heavy atom. The van der Waals surface area contributed by atoms with Crippen LogP contribution in [0.2, 0.25) is 0 Å². The van der Waals surface area contributed by atoms with Gasteiger partial charge in [0.15, 0.2) is 0 Å². The third-order valence-corrected chi connectivity index (χ3v) is 3.07. The summed E-state index contributed by atoms with van der Waals surface area (Å²) in [5.74, 6) is 2.38. The van der Waals surface area contributed by atoms with E-state index in [1.807, 2.05) is 12.1 Å². The van der Waals surface area contributed by atoms with E-state index in [1.165, 1.54) is 0 Å². The van der Waals surface area contributed by atoms with E-state index in [9.17, 15) is 4.79 Å². The number of hydrogen-bond donors (Lipinski definition) is 1. The molecule has 0 fully saturated rings. The largest absolute Gasteiger partial charge is 0.490 e. The van der Waals surface area contributed by atoms with Crippen LogP contribution in [0.4, 0.5) is 5.69 Å². The summed E-state index contributed by atoms with van der Waals surface area (Å²) in [5.41, 5.74) is 3.28. The first kappa shape index (κ1) is 17.6. The summed E-state index contributed by atoms with van der Waals surface area (Å²) >= 11 is 7.87. The molecule has 0 aliphatic carbocycles. The summed E-state index contributed by atoms with van der Waals surface area (Å²) in [6.45, 7) is 2.31. The summed E-state index contributed by atoms with van der Waals surface area (Å²) in [6, 6.07) is 5.48. The number of hydrogen-bond acceptors (Lipinski definition) is 5. The van der Waals surface area contributed by atoms with Gasteiger partial charge in [-0.15, -0.1) is 12.3 Å². The van der Waals surface area contributed by atoms with Gasteiger partial charge in [0.25, 0.3) is 0 Å². The zero-order valence-electron chi connectivity index (χ0n) is 11.4. The fourth-order valence-corrected chi connectivity index (χ4v) is 1.87. The van der Waals surface area contributed by atoms with Gasteiger partial charge in [-0.1, -0.05) is 11.6 Å². The Morgan fingerprint density at radius 1 is 1.57 bits per heavy atom. The second-order valence-corrected chi connectivity index (χ2v) is 5.28. The van der Waals surface area contributed by atoms with Gasteiger partial charge in [0.1, 0.15) is 5.75 Å². The SMILES string of the molecule is C#CCCOc1ccc(I)cc1N/N=C(\Cl)C(=O)OCC. The van der Waals surface area contributed by atoms with Gasteiger partial charge < -0.3 is 9.47 Å². The Hall–Kier alpha value is -1.46. The van der Waals surface area contributed by atoms with Crippen LogP contribution < -0.4 is 10.2 Å². The van der Waals surface area contributed by atoms with Crippen molar-refractivity contribution in [2.75, 3.05) is 18.6 Å². The standard InChI is InChI=1S/C14H14ClIN2O3/c1-3-5-8-21-12-7-6-10(16)9-11(12)17-18-13(15)14(19)20-4-2/h1,6-7,9,17H,4-5,8H2,2H3/b18-13-. The predicted octanol–water partition coefficient (Wildman–Crippen LogP) is 3.22. The van der Waals surface area contributed by atoms with Crippen LogP contribution in [0.3, 0.4) is 0 Å². The molecule has 0 spiro atoms. The number of carbonyl (C=O) groups excluding carboxylic acids is 1. The van der Waals surface area contributed by atoms with Gasteiger partial charge in [0.2, 0.25) is 5.17 Å². The number of hydrazone groups is 1. The molecule has 0 aromatic heterocycles. The molecule has 0 unspecified atom stereocenters. The molecule has 1 rings (SSSR count). The van der Waals surface area contributed by atoms with E-state index in [0.717, 1.165) is 3.57 Å². The second-order valence-electron chi connectivity index (χ2n) is 3.68. The highest BCUT2D eigenvalue weighted by atomic mass is 127. The van der Waals surface area contributed by atoms with Gasteiger partial charge in [0.05, 0.1) is 18.9 Å². The van der Waals surface area contributed by atoms with E-state index in [2.05, 4.69) is 39.0 Å². The van der Waals surface area contributed by atoms with Gasteiger partial charge in [-0.3, -0.25) is 5.43 Å². The highest BCUT2D eigenvalue weighted by Gasteiger charge is 2.10. The Balaban J connectivity index is 2.81. The van der Waals surface area contributed by atoms with Crippen LogP contribution in [0.5, 0.6) is 5.75 Å². The number of halogens is 2. The Bertz CT molecular complexity index is 570. The first-order chi connectivity index (χ1) is 10.1. The zero-order valence-corrected chi connectivity index (χ0v) is 14.3. The predicted molar refractivity (Wildman–Crippen MR) is 91.6 cm³/mol. The lowest BCUT2D eigenvalue weighted by Crippen LogP contribution is -2.13. The molecule has 0 saturated carbocycles. The molecule has 0 aliphatic heterocycles. The van der Waals surface area contributed by atoms with Crippen molar-refractivity contribution in [2.45, 2.75) is 13.3 Å². The molecular weight excluding hydrogens is 407 g/mol. The molecular formula is C14H14ClIN2O3. The van der Waals surface area contributed by atoms with E-state index in [-0.39, 0.29) is 11.8 Å². The zero-order chi connectivity index (χ0) is 15.7. The lowest BCUT2D eigenvalue weighted by Gasteiger charge is -2.10. The maximum absolute atomic E-state index is 11.3. The highest BCUT2D eigenvalue weighted by molar-refractivity contribution is 14.1. The topological polar surface area (TPSA) is 59.9 Å². The molecule has 0 atom stereocenters. The second kappa shape index (κ2) is 9.47. The lowest BCUT2D eigenvalue weighted by atomic mass is 10.3. The van der Waals surface area contributed by atoms with Crippen molar-refractivity contribution in [1.29, 1.82) is 0 Å². The third-order valence-electron chi connectivity index (χ3n) is 2.16. The monoisotopic (exact) mass is 420 g/mol. The van der Waals surface area contributed by atoms with Gasteiger partial charge in [0, 0.05) is 9.99 Å². The quantitative estimate of drug-likeness (QED) is 0.184. The molecule has 0 amide bonds. The number of anilines is 1. The van der Waals surface area contributed by atoms with Crippen molar-refractivity contribution in [1.82, 2.24) is 0 Å². The number of carbonyl (C=O) groups is 1. The minimum absolute atomic E-state index is 0.230.